The second kappa shape index (κ2) is 8.72. The number of hydrogen-bond acceptors (Lipinski definition) is 3. The summed E-state index contributed by atoms with van der Waals surface area (Å²) in [6.45, 7) is 5.29. The van der Waals surface area contributed by atoms with Gasteiger partial charge < -0.3 is 5.11 Å². The second-order valence-electron chi connectivity index (χ2n) is 6.50. The van der Waals surface area contributed by atoms with Crippen LogP contribution in [0.2, 0.25) is 0 Å². The third kappa shape index (κ3) is 4.23. The lowest BCUT2D eigenvalue weighted by Crippen LogP contribution is -2.24. The normalized spacial score (nSPS) is 17.0. The van der Waals surface area contributed by atoms with E-state index in [1.54, 1.807) is 26.8 Å². The molecule has 0 radical (unpaired) electrons. The van der Waals surface area contributed by atoms with Gasteiger partial charge in [-0.25, -0.2) is 0 Å². The Bertz CT molecular complexity index is 736. The quantitative estimate of drug-likeness (QED) is 0.458. The standard InChI is InChI=1S/C22H26O3/c1-15-16(2)22(25)20(17(3)21(15)24)19(13-9-4-5-10-14-23)18-11-7-6-8-12-18/h5-8,10-12,19,23H,4,9,13-14H2,1-3H3. The Labute approximate surface area is 149 Å². The fourth-order valence-corrected chi connectivity index (χ4v) is 3.33. The minimum Gasteiger partial charge on any atom is -0.392 e. The van der Waals surface area contributed by atoms with Crippen LogP contribution in [0.1, 0.15) is 51.5 Å². The molecule has 3 nitrogen and oxygen atoms in total. The van der Waals surface area contributed by atoms with Crippen molar-refractivity contribution in [2.45, 2.75) is 46.0 Å². The maximum atomic E-state index is 12.9. The van der Waals surface area contributed by atoms with Gasteiger partial charge in [0, 0.05) is 28.2 Å². The Kier molecular flexibility index (Phi) is 6.65. The number of carbonyl (C=O) groups is 2. The number of Topliss-reactive ketones (excluding diaryl/α,β-unsaturated/α-hetero) is 2. The van der Waals surface area contributed by atoms with E-state index >= 15 is 0 Å². The van der Waals surface area contributed by atoms with Crippen LogP contribution in [0.3, 0.4) is 0 Å². The van der Waals surface area contributed by atoms with Gasteiger partial charge >= 0.3 is 0 Å². The predicted molar refractivity (Wildman–Crippen MR) is 100 cm³/mol. The van der Waals surface area contributed by atoms with Crippen LogP contribution in [0, 0.1) is 0 Å². The van der Waals surface area contributed by atoms with Gasteiger partial charge in [0.1, 0.15) is 0 Å². The molecule has 25 heavy (non-hydrogen) atoms. The molecule has 1 aromatic carbocycles. The first kappa shape index (κ1) is 19.1. The molecule has 0 amide bonds. The van der Waals surface area contributed by atoms with Crippen LogP contribution in [-0.4, -0.2) is 23.3 Å². The topological polar surface area (TPSA) is 54.4 Å². The molecule has 1 unspecified atom stereocenters. The van der Waals surface area contributed by atoms with Crippen LogP contribution in [-0.2, 0) is 9.59 Å². The summed E-state index contributed by atoms with van der Waals surface area (Å²) in [5.41, 5.74) is 3.41. The van der Waals surface area contributed by atoms with Crippen LogP contribution in [0.4, 0.5) is 0 Å². The van der Waals surface area contributed by atoms with Crippen molar-refractivity contribution >= 4 is 11.6 Å². The van der Waals surface area contributed by atoms with E-state index in [2.05, 4.69) is 0 Å². The van der Waals surface area contributed by atoms with Crippen LogP contribution in [0.5, 0.6) is 0 Å². The van der Waals surface area contributed by atoms with Crippen molar-refractivity contribution in [2.24, 2.45) is 0 Å². The van der Waals surface area contributed by atoms with E-state index < -0.39 is 0 Å². The molecule has 1 N–H and O–H groups in total. The molecule has 1 atom stereocenters. The fraction of sp³-hybridized carbons (Fsp3) is 0.364. The molecule has 0 aliphatic heterocycles. The van der Waals surface area contributed by atoms with E-state index in [4.69, 9.17) is 5.11 Å². The summed E-state index contributed by atoms with van der Waals surface area (Å²) in [6, 6.07) is 9.93. The van der Waals surface area contributed by atoms with Gasteiger partial charge in [-0.1, -0.05) is 42.5 Å². The number of carbonyl (C=O) groups excluding carboxylic acids is 2. The van der Waals surface area contributed by atoms with Gasteiger partial charge in [0.15, 0.2) is 11.6 Å². The molecular weight excluding hydrogens is 312 g/mol. The number of benzene rings is 1. The zero-order valence-electron chi connectivity index (χ0n) is 15.2. The average Bonchev–Trinajstić information content (AvgIpc) is 2.64. The van der Waals surface area contributed by atoms with Gasteiger partial charge in [-0.2, -0.15) is 0 Å². The second-order valence-corrected chi connectivity index (χ2v) is 6.50. The first-order valence-electron chi connectivity index (χ1n) is 8.77. The van der Waals surface area contributed by atoms with Crippen molar-refractivity contribution in [3.63, 3.8) is 0 Å². The van der Waals surface area contributed by atoms with E-state index in [0.29, 0.717) is 22.3 Å². The summed E-state index contributed by atoms with van der Waals surface area (Å²) in [7, 11) is 0. The number of ketones is 2. The lowest BCUT2D eigenvalue weighted by atomic mass is 9.76. The van der Waals surface area contributed by atoms with Crippen molar-refractivity contribution in [1.29, 1.82) is 0 Å². The minimum absolute atomic E-state index is 0.00523. The highest BCUT2D eigenvalue weighted by atomic mass is 16.2. The number of rotatable bonds is 7. The lowest BCUT2D eigenvalue weighted by Gasteiger charge is -2.26. The molecule has 0 heterocycles. The Morgan fingerprint density at radius 3 is 2.20 bits per heavy atom. The van der Waals surface area contributed by atoms with Crippen molar-refractivity contribution in [1.82, 2.24) is 0 Å². The number of allylic oxidation sites excluding steroid dienone is 5. The molecule has 1 aliphatic carbocycles. The van der Waals surface area contributed by atoms with Crippen LogP contribution in [0.15, 0.2) is 64.8 Å². The molecule has 0 spiro atoms. The summed E-state index contributed by atoms with van der Waals surface area (Å²) in [6.07, 6.45) is 6.19. The maximum absolute atomic E-state index is 12.9. The van der Waals surface area contributed by atoms with Crippen LogP contribution < -0.4 is 0 Å². The number of aliphatic hydroxyl groups is 1. The zero-order valence-corrected chi connectivity index (χ0v) is 15.2. The third-order valence-corrected chi connectivity index (χ3v) is 4.92. The first-order chi connectivity index (χ1) is 12.0. The summed E-state index contributed by atoms with van der Waals surface area (Å²) in [5.74, 6) is -0.106. The van der Waals surface area contributed by atoms with Gasteiger partial charge in [-0.15, -0.1) is 0 Å². The van der Waals surface area contributed by atoms with Crippen LogP contribution in [0.25, 0.3) is 0 Å². The Balaban J connectivity index is 2.36. The van der Waals surface area contributed by atoms with E-state index in [-0.39, 0.29) is 24.1 Å². The van der Waals surface area contributed by atoms with Crippen molar-refractivity contribution in [3.8, 4) is 0 Å². The van der Waals surface area contributed by atoms with E-state index in [9.17, 15) is 9.59 Å². The molecule has 0 aromatic heterocycles. The summed E-state index contributed by atoms with van der Waals surface area (Å²) in [5, 5.41) is 8.83. The highest BCUT2D eigenvalue weighted by molar-refractivity contribution is 6.25. The summed E-state index contributed by atoms with van der Waals surface area (Å²) < 4.78 is 0. The highest BCUT2D eigenvalue weighted by Crippen LogP contribution is 2.37. The smallest absolute Gasteiger partial charge is 0.186 e. The molecule has 2 rings (SSSR count). The van der Waals surface area contributed by atoms with Gasteiger partial charge in [0.05, 0.1) is 6.61 Å². The van der Waals surface area contributed by atoms with Gasteiger partial charge in [0.25, 0.3) is 0 Å². The average molecular weight is 338 g/mol. The van der Waals surface area contributed by atoms with Gasteiger partial charge in [0.2, 0.25) is 0 Å². The van der Waals surface area contributed by atoms with E-state index in [1.165, 1.54) is 0 Å². The molecule has 0 saturated heterocycles. The van der Waals surface area contributed by atoms with Crippen molar-refractivity contribution in [3.05, 3.63) is 70.3 Å². The number of hydrogen-bond donors (Lipinski definition) is 1. The summed E-state index contributed by atoms with van der Waals surface area (Å²) >= 11 is 0. The van der Waals surface area contributed by atoms with E-state index in [0.717, 1.165) is 24.8 Å². The zero-order chi connectivity index (χ0) is 18.4. The molecule has 132 valence electrons. The van der Waals surface area contributed by atoms with Gasteiger partial charge in [-0.05, 0) is 45.6 Å². The highest BCUT2D eigenvalue weighted by Gasteiger charge is 2.32. The molecule has 1 aromatic rings. The van der Waals surface area contributed by atoms with E-state index in [1.807, 2.05) is 36.4 Å². The molecule has 1 aliphatic rings. The number of aliphatic hydroxyl groups excluding tert-OH is 1. The monoisotopic (exact) mass is 338 g/mol. The van der Waals surface area contributed by atoms with Gasteiger partial charge in [-0.3, -0.25) is 9.59 Å². The molecule has 0 saturated carbocycles. The molecule has 3 heteroatoms. The summed E-state index contributed by atoms with van der Waals surface area (Å²) in [4.78, 5) is 25.5. The van der Waals surface area contributed by atoms with Crippen molar-refractivity contribution in [2.75, 3.05) is 6.61 Å². The maximum Gasteiger partial charge on any atom is 0.186 e. The molecule has 0 fully saturated rings. The Hall–Kier alpha value is -2.26. The SMILES string of the molecule is CC1=C(C)C(=O)C(C(CCCC=CCO)c2ccccc2)=C(C)C1=O. The minimum atomic E-state index is -0.0803. The third-order valence-electron chi connectivity index (χ3n) is 4.92. The molecule has 0 bridgehead atoms. The lowest BCUT2D eigenvalue weighted by molar-refractivity contribution is -0.116. The molecular formula is C22H26O3. The van der Waals surface area contributed by atoms with Crippen LogP contribution >= 0.6 is 0 Å². The largest absolute Gasteiger partial charge is 0.392 e. The predicted octanol–water partition coefficient (Wildman–Crippen LogP) is 4.29. The Morgan fingerprint density at radius 1 is 0.920 bits per heavy atom. The first-order valence-corrected chi connectivity index (χ1v) is 8.77. The number of unbranched alkanes of at least 4 members (excludes halogenated alkanes) is 1. The van der Waals surface area contributed by atoms with Crippen molar-refractivity contribution < 1.29 is 14.7 Å². The Morgan fingerprint density at radius 2 is 1.56 bits per heavy atom. The fourth-order valence-electron chi connectivity index (χ4n) is 3.33.